The van der Waals surface area contributed by atoms with Crippen molar-refractivity contribution >= 4 is 11.3 Å². The molecular formula is C15H20N2S. The molecule has 0 fully saturated rings. The smallest absolute Gasteiger partial charge is 0.0372 e. The lowest BCUT2D eigenvalue weighted by Gasteiger charge is -2.16. The van der Waals surface area contributed by atoms with E-state index >= 15 is 0 Å². The molecule has 1 atom stereocenters. The first kappa shape index (κ1) is 13.2. The van der Waals surface area contributed by atoms with E-state index in [0.29, 0.717) is 6.04 Å². The number of nitrogens with zero attached hydrogens (tertiary/aromatic N) is 1. The number of aromatic nitrogens is 1. The van der Waals surface area contributed by atoms with Crippen LogP contribution in [0, 0.1) is 6.92 Å². The maximum absolute atomic E-state index is 4.37. The van der Waals surface area contributed by atoms with E-state index in [1.165, 1.54) is 23.3 Å². The van der Waals surface area contributed by atoms with Crippen molar-refractivity contribution in [1.29, 1.82) is 0 Å². The first-order valence-corrected chi connectivity index (χ1v) is 7.30. The number of nitrogens with one attached hydrogen (secondary N) is 1. The summed E-state index contributed by atoms with van der Waals surface area (Å²) in [5, 5.41) is 5.53. The summed E-state index contributed by atoms with van der Waals surface area (Å²) in [7, 11) is 2.02. The summed E-state index contributed by atoms with van der Waals surface area (Å²) >= 11 is 1.85. The van der Waals surface area contributed by atoms with Gasteiger partial charge in [0, 0.05) is 22.8 Å². The zero-order valence-corrected chi connectivity index (χ0v) is 11.8. The molecule has 2 heterocycles. The van der Waals surface area contributed by atoms with Crippen molar-refractivity contribution in [3.63, 3.8) is 0 Å². The number of hydrogen-bond donors (Lipinski definition) is 1. The van der Waals surface area contributed by atoms with Gasteiger partial charge in [-0.15, -0.1) is 11.3 Å². The lowest BCUT2D eigenvalue weighted by Crippen LogP contribution is -2.16. The number of thiophene rings is 1. The largest absolute Gasteiger partial charge is 0.313 e. The minimum absolute atomic E-state index is 0.415. The van der Waals surface area contributed by atoms with Gasteiger partial charge >= 0.3 is 0 Å². The summed E-state index contributed by atoms with van der Waals surface area (Å²) in [4.78, 5) is 5.85. The Hall–Kier alpha value is -1.19. The van der Waals surface area contributed by atoms with Crippen LogP contribution in [0.3, 0.4) is 0 Å². The molecule has 1 N–H and O–H groups in total. The second kappa shape index (κ2) is 6.66. The van der Waals surface area contributed by atoms with E-state index in [4.69, 9.17) is 0 Å². The third-order valence-corrected chi connectivity index (χ3v) is 4.12. The quantitative estimate of drug-likeness (QED) is 0.856. The van der Waals surface area contributed by atoms with Crippen LogP contribution in [0.4, 0.5) is 0 Å². The molecule has 2 rings (SSSR count). The molecule has 0 aliphatic heterocycles. The van der Waals surface area contributed by atoms with Crippen LogP contribution in [-0.4, -0.2) is 12.0 Å². The van der Waals surface area contributed by atoms with Crippen molar-refractivity contribution in [1.82, 2.24) is 10.3 Å². The Morgan fingerprint density at radius 1 is 1.33 bits per heavy atom. The molecule has 0 amide bonds. The van der Waals surface area contributed by atoms with E-state index in [9.17, 15) is 0 Å². The molecule has 1 unspecified atom stereocenters. The number of rotatable bonds is 6. The van der Waals surface area contributed by atoms with Gasteiger partial charge < -0.3 is 5.32 Å². The highest BCUT2D eigenvalue weighted by Crippen LogP contribution is 2.20. The first-order valence-electron chi connectivity index (χ1n) is 6.42. The van der Waals surface area contributed by atoms with Crippen LogP contribution < -0.4 is 5.32 Å². The number of pyridine rings is 1. The minimum Gasteiger partial charge on any atom is -0.313 e. The van der Waals surface area contributed by atoms with Gasteiger partial charge in [0.25, 0.3) is 0 Å². The molecule has 0 saturated heterocycles. The summed E-state index contributed by atoms with van der Waals surface area (Å²) in [6.45, 7) is 2.02. The van der Waals surface area contributed by atoms with Gasteiger partial charge in [0.2, 0.25) is 0 Å². The molecule has 2 aromatic heterocycles. The number of hydrogen-bond acceptors (Lipinski definition) is 3. The van der Waals surface area contributed by atoms with Crippen LogP contribution in [-0.2, 0) is 6.42 Å². The molecule has 0 radical (unpaired) electrons. The second-order valence-electron chi connectivity index (χ2n) is 4.55. The molecule has 0 spiro atoms. The average Bonchev–Trinajstić information content (AvgIpc) is 2.89. The van der Waals surface area contributed by atoms with Gasteiger partial charge in [0.15, 0.2) is 0 Å². The highest BCUT2D eigenvalue weighted by molar-refractivity contribution is 7.09. The Morgan fingerprint density at radius 2 is 2.22 bits per heavy atom. The highest BCUT2D eigenvalue weighted by Gasteiger charge is 2.09. The Kier molecular flexibility index (Phi) is 4.90. The summed E-state index contributed by atoms with van der Waals surface area (Å²) in [6.07, 6.45) is 5.52. The van der Waals surface area contributed by atoms with Crippen LogP contribution >= 0.6 is 11.3 Å². The van der Waals surface area contributed by atoms with E-state index in [1.54, 1.807) is 0 Å². The van der Waals surface area contributed by atoms with Crippen molar-refractivity contribution in [2.45, 2.75) is 32.2 Å². The summed E-state index contributed by atoms with van der Waals surface area (Å²) in [5.74, 6) is 0. The topological polar surface area (TPSA) is 24.9 Å². The van der Waals surface area contributed by atoms with Crippen LogP contribution in [0.25, 0.3) is 0 Å². The second-order valence-corrected chi connectivity index (χ2v) is 5.58. The lowest BCUT2D eigenvalue weighted by atomic mass is 10.0. The third-order valence-electron chi connectivity index (χ3n) is 3.18. The van der Waals surface area contributed by atoms with Crippen molar-refractivity contribution in [2.75, 3.05) is 7.05 Å². The normalized spacial score (nSPS) is 12.6. The number of aryl methyl sites for hydroxylation is 2. The van der Waals surface area contributed by atoms with Crippen LogP contribution in [0.5, 0.6) is 0 Å². The molecule has 3 heteroatoms. The monoisotopic (exact) mass is 260 g/mol. The summed E-state index contributed by atoms with van der Waals surface area (Å²) in [6, 6.07) is 9.01. The molecule has 2 nitrogen and oxygen atoms in total. The Morgan fingerprint density at radius 3 is 2.83 bits per heavy atom. The summed E-state index contributed by atoms with van der Waals surface area (Å²) in [5.41, 5.74) is 2.36. The van der Waals surface area contributed by atoms with Crippen LogP contribution in [0.2, 0.25) is 0 Å². The van der Waals surface area contributed by atoms with Gasteiger partial charge in [-0.3, -0.25) is 4.98 Å². The lowest BCUT2D eigenvalue weighted by molar-refractivity contribution is 0.526. The third kappa shape index (κ3) is 3.65. The van der Waals surface area contributed by atoms with Gasteiger partial charge in [-0.2, -0.15) is 0 Å². The Balaban J connectivity index is 1.87. The van der Waals surface area contributed by atoms with Gasteiger partial charge in [0.1, 0.15) is 0 Å². The first-order chi connectivity index (χ1) is 8.79. The van der Waals surface area contributed by atoms with Gasteiger partial charge in [-0.1, -0.05) is 12.1 Å². The predicted molar refractivity (Wildman–Crippen MR) is 78.0 cm³/mol. The van der Waals surface area contributed by atoms with E-state index in [2.05, 4.69) is 39.9 Å². The van der Waals surface area contributed by atoms with Crippen LogP contribution in [0.1, 0.15) is 35.0 Å². The predicted octanol–water partition coefficient (Wildman–Crippen LogP) is 3.73. The van der Waals surface area contributed by atoms with Gasteiger partial charge in [0.05, 0.1) is 0 Å². The molecule has 0 saturated carbocycles. The van der Waals surface area contributed by atoms with E-state index in [0.717, 1.165) is 12.1 Å². The van der Waals surface area contributed by atoms with Gasteiger partial charge in [-0.05, 0) is 56.3 Å². The van der Waals surface area contributed by atoms with Crippen LogP contribution in [0.15, 0.2) is 35.8 Å². The van der Waals surface area contributed by atoms with Crippen molar-refractivity contribution in [3.05, 3.63) is 52.0 Å². The van der Waals surface area contributed by atoms with Crippen molar-refractivity contribution in [2.24, 2.45) is 0 Å². The summed E-state index contributed by atoms with van der Waals surface area (Å²) < 4.78 is 0. The fourth-order valence-electron chi connectivity index (χ4n) is 2.10. The standard InChI is InChI=1S/C15H20N2S/c1-12-8-9-13(11-17-12)15(16-2)7-3-5-14-6-4-10-18-14/h4,6,8-11,15-16H,3,5,7H2,1-2H3. The molecular weight excluding hydrogens is 240 g/mol. The fraction of sp³-hybridized carbons (Fsp3) is 0.400. The van der Waals surface area contributed by atoms with E-state index < -0.39 is 0 Å². The molecule has 18 heavy (non-hydrogen) atoms. The minimum atomic E-state index is 0.415. The van der Waals surface area contributed by atoms with E-state index in [-0.39, 0.29) is 0 Å². The molecule has 0 bridgehead atoms. The average molecular weight is 260 g/mol. The highest BCUT2D eigenvalue weighted by atomic mass is 32.1. The molecule has 96 valence electrons. The zero-order chi connectivity index (χ0) is 12.8. The molecule has 0 aromatic carbocycles. The SMILES string of the molecule is CNC(CCCc1cccs1)c1ccc(C)nc1. The van der Waals surface area contributed by atoms with Crippen molar-refractivity contribution in [3.8, 4) is 0 Å². The Labute approximate surface area is 113 Å². The molecule has 0 aliphatic carbocycles. The van der Waals surface area contributed by atoms with Gasteiger partial charge in [-0.25, -0.2) is 0 Å². The molecule has 2 aromatic rings. The maximum atomic E-state index is 4.37. The molecule has 0 aliphatic rings. The maximum Gasteiger partial charge on any atom is 0.0372 e. The van der Waals surface area contributed by atoms with Crippen molar-refractivity contribution < 1.29 is 0 Å². The van der Waals surface area contributed by atoms with E-state index in [1.807, 2.05) is 31.5 Å². The zero-order valence-electron chi connectivity index (χ0n) is 11.0. The Bertz CT molecular complexity index is 448. The fourth-order valence-corrected chi connectivity index (χ4v) is 2.85.